The highest BCUT2D eigenvalue weighted by Crippen LogP contribution is 2.45. The first-order chi connectivity index (χ1) is 25.7. The first-order valence-corrected chi connectivity index (χ1v) is 17.6. The number of hydrogen-bond donors (Lipinski definition) is 0. The van der Waals surface area contributed by atoms with Crippen molar-refractivity contribution >= 4 is 71.2 Å². The molecule has 4 heteroatoms. The Bertz CT molecular complexity index is 2880. The molecule has 0 aliphatic heterocycles. The molecule has 248 valence electrons. The molecule has 0 saturated carbocycles. The van der Waals surface area contributed by atoms with Crippen molar-refractivity contribution < 1.29 is 9.47 Å². The number of ether oxygens (including phenoxy) is 2. The molecule has 0 bridgehead atoms. The zero-order chi connectivity index (χ0) is 34.8. The number of para-hydroxylation sites is 2. The van der Waals surface area contributed by atoms with Crippen molar-refractivity contribution in [1.29, 1.82) is 0 Å². The molecule has 0 aliphatic rings. The molecule has 0 radical (unpaired) electrons. The largest absolute Gasteiger partial charge is 0.497 e. The molecule has 0 amide bonds. The quantitative estimate of drug-likeness (QED) is 0.158. The van der Waals surface area contributed by atoms with Crippen molar-refractivity contribution in [3.05, 3.63) is 170 Å². The summed E-state index contributed by atoms with van der Waals surface area (Å²) in [5.41, 5.74) is 9.05. The van der Waals surface area contributed by atoms with Gasteiger partial charge in [0.1, 0.15) is 11.5 Å². The molecule has 9 aromatic carbocycles. The van der Waals surface area contributed by atoms with E-state index >= 15 is 0 Å². The lowest BCUT2D eigenvalue weighted by molar-refractivity contribution is 0.414. The van der Waals surface area contributed by atoms with Crippen LogP contribution in [0.15, 0.2) is 170 Å². The van der Waals surface area contributed by atoms with Crippen molar-refractivity contribution in [2.75, 3.05) is 19.1 Å². The van der Waals surface area contributed by atoms with E-state index in [0.29, 0.717) is 0 Å². The van der Waals surface area contributed by atoms with Gasteiger partial charge in [0.05, 0.1) is 25.3 Å². The van der Waals surface area contributed by atoms with E-state index in [1.54, 1.807) is 14.2 Å². The third-order valence-corrected chi connectivity index (χ3v) is 10.5. The molecule has 0 saturated heterocycles. The van der Waals surface area contributed by atoms with Gasteiger partial charge in [0.15, 0.2) is 0 Å². The van der Waals surface area contributed by atoms with E-state index in [4.69, 9.17) is 9.47 Å². The first-order valence-electron chi connectivity index (χ1n) is 17.6. The SMILES string of the molecule is COc1cccc(N(c2ccc(-c3ccc4ccc5cc6c(c7ccc3c4c57)c3ccccc3n6-c3ccccc3)cc2)c2cccc(OC)c2)c1. The molecular weight excluding hydrogens is 637 g/mol. The molecule has 1 heterocycles. The molecule has 0 aliphatic carbocycles. The normalized spacial score (nSPS) is 11.7. The van der Waals surface area contributed by atoms with Gasteiger partial charge in [0.2, 0.25) is 0 Å². The molecule has 4 nitrogen and oxygen atoms in total. The van der Waals surface area contributed by atoms with E-state index in [-0.39, 0.29) is 0 Å². The Hall–Kier alpha value is -6.78. The minimum Gasteiger partial charge on any atom is -0.497 e. The average Bonchev–Trinajstić information content (AvgIpc) is 3.54. The van der Waals surface area contributed by atoms with Crippen LogP contribution in [0.3, 0.4) is 0 Å². The van der Waals surface area contributed by atoms with Crippen molar-refractivity contribution in [2.24, 2.45) is 0 Å². The zero-order valence-corrected chi connectivity index (χ0v) is 28.9. The maximum atomic E-state index is 5.60. The highest BCUT2D eigenvalue weighted by atomic mass is 16.5. The number of rotatable bonds is 7. The predicted molar refractivity (Wildman–Crippen MR) is 218 cm³/mol. The average molecular weight is 671 g/mol. The molecular formula is C48H34N2O2. The summed E-state index contributed by atoms with van der Waals surface area (Å²) in [5.74, 6) is 1.61. The van der Waals surface area contributed by atoms with Gasteiger partial charge >= 0.3 is 0 Å². The Morgan fingerprint density at radius 2 is 1.06 bits per heavy atom. The molecule has 10 rings (SSSR count). The van der Waals surface area contributed by atoms with Crippen LogP contribution in [0, 0.1) is 0 Å². The van der Waals surface area contributed by atoms with Gasteiger partial charge in [-0.15, -0.1) is 0 Å². The highest BCUT2D eigenvalue weighted by molar-refractivity contribution is 6.34. The minimum absolute atomic E-state index is 0.803. The van der Waals surface area contributed by atoms with Crippen molar-refractivity contribution in [3.8, 4) is 28.3 Å². The van der Waals surface area contributed by atoms with Crippen molar-refractivity contribution in [3.63, 3.8) is 0 Å². The van der Waals surface area contributed by atoms with E-state index in [1.807, 2.05) is 24.3 Å². The van der Waals surface area contributed by atoms with Gasteiger partial charge < -0.3 is 18.9 Å². The molecule has 0 atom stereocenters. The molecule has 0 fully saturated rings. The van der Waals surface area contributed by atoms with Gasteiger partial charge in [-0.05, 0) is 104 Å². The van der Waals surface area contributed by atoms with Gasteiger partial charge in [-0.1, -0.05) is 97.1 Å². The van der Waals surface area contributed by atoms with Gasteiger partial charge in [0, 0.05) is 45.7 Å². The zero-order valence-electron chi connectivity index (χ0n) is 28.9. The van der Waals surface area contributed by atoms with Gasteiger partial charge in [-0.25, -0.2) is 0 Å². The number of benzene rings is 9. The van der Waals surface area contributed by atoms with Crippen LogP contribution >= 0.6 is 0 Å². The van der Waals surface area contributed by atoms with E-state index in [2.05, 4.69) is 155 Å². The summed E-state index contributed by atoms with van der Waals surface area (Å²) >= 11 is 0. The summed E-state index contributed by atoms with van der Waals surface area (Å²) in [6.45, 7) is 0. The Kier molecular flexibility index (Phi) is 6.90. The Morgan fingerprint density at radius 3 is 1.79 bits per heavy atom. The Morgan fingerprint density at radius 1 is 0.423 bits per heavy atom. The molecule has 10 aromatic rings. The number of anilines is 3. The van der Waals surface area contributed by atoms with E-state index in [0.717, 1.165) is 28.6 Å². The first kappa shape index (κ1) is 30.1. The lowest BCUT2D eigenvalue weighted by Crippen LogP contribution is -2.10. The van der Waals surface area contributed by atoms with E-state index in [9.17, 15) is 0 Å². The maximum Gasteiger partial charge on any atom is 0.120 e. The smallest absolute Gasteiger partial charge is 0.120 e. The number of hydrogen-bond acceptors (Lipinski definition) is 3. The molecule has 0 spiro atoms. The summed E-state index contributed by atoms with van der Waals surface area (Å²) in [7, 11) is 3.40. The van der Waals surface area contributed by atoms with Gasteiger partial charge in [-0.2, -0.15) is 0 Å². The van der Waals surface area contributed by atoms with Crippen molar-refractivity contribution in [1.82, 2.24) is 4.57 Å². The number of methoxy groups -OCH3 is 2. The van der Waals surface area contributed by atoms with Crippen LogP contribution in [0.1, 0.15) is 0 Å². The van der Waals surface area contributed by atoms with Gasteiger partial charge in [-0.3, -0.25) is 0 Å². The van der Waals surface area contributed by atoms with Crippen LogP contribution in [-0.4, -0.2) is 18.8 Å². The summed E-state index contributed by atoms with van der Waals surface area (Å²) in [6.07, 6.45) is 0. The van der Waals surface area contributed by atoms with Crippen LogP contribution in [0.4, 0.5) is 17.1 Å². The second-order valence-corrected chi connectivity index (χ2v) is 13.3. The van der Waals surface area contributed by atoms with Crippen LogP contribution < -0.4 is 14.4 Å². The maximum absolute atomic E-state index is 5.60. The summed E-state index contributed by atoms with van der Waals surface area (Å²) < 4.78 is 13.6. The standard InChI is InChI=1S/C48H34N2O2/c1-51-38-14-8-12-36(29-38)49(37-13-9-15-39(30-37)52-2)35-23-20-31(21-24-35)40-25-22-32-18-19-33-28-45-48(43-27-26-41(40)46(32)47(33)43)42-16-6-7-17-44(42)50(45)34-10-4-3-5-11-34/h3-30H,1-2H3. The van der Waals surface area contributed by atoms with Crippen molar-refractivity contribution in [2.45, 2.75) is 0 Å². The second kappa shape index (κ2) is 11.9. The molecule has 52 heavy (non-hydrogen) atoms. The minimum atomic E-state index is 0.803. The topological polar surface area (TPSA) is 26.6 Å². The highest BCUT2D eigenvalue weighted by Gasteiger charge is 2.20. The number of fused-ring (bicyclic) bond motifs is 4. The summed E-state index contributed by atoms with van der Waals surface area (Å²) in [6, 6.07) is 60.9. The third-order valence-electron chi connectivity index (χ3n) is 10.5. The van der Waals surface area contributed by atoms with Crippen LogP contribution in [-0.2, 0) is 0 Å². The Balaban J connectivity index is 1.15. The van der Waals surface area contributed by atoms with Crippen LogP contribution in [0.25, 0.3) is 70.9 Å². The molecule has 1 aromatic heterocycles. The molecule has 0 N–H and O–H groups in total. The van der Waals surface area contributed by atoms with E-state index in [1.165, 1.54) is 70.9 Å². The lowest BCUT2D eigenvalue weighted by Gasteiger charge is -2.26. The fourth-order valence-electron chi connectivity index (χ4n) is 8.17. The summed E-state index contributed by atoms with van der Waals surface area (Å²) in [4.78, 5) is 2.23. The predicted octanol–water partition coefficient (Wildman–Crippen LogP) is 12.8. The number of aromatic nitrogens is 1. The fraction of sp³-hybridized carbons (Fsp3) is 0.0417. The Labute approximate surface area is 301 Å². The monoisotopic (exact) mass is 670 g/mol. The third kappa shape index (κ3) is 4.61. The summed E-state index contributed by atoms with van der Waals surface area (Å²) in [5, 5.41) is 10.2. The lowest BCUT2D eigenvalue weighted by atomic mass is 9.88. The van der Waals surface area contributed by atoms with Crippen LogP contribution in [0.5, 0.6) is 11.5 Å². The second-order valence-electron chi connectivity index (χ2n) is 13.3. The van der Waals surface area contributed by atoms with E-state index < -0.39 is 0 Å². The number of nitrogens with zero attached hydrogens (tertiary/aromatic N) is 2. The van der Waals surface area contributed by atoms with Gasteiger partial charge in [0.25, 0.3) is 0 Å². The van der Waals surface area contributed by atoms with Crippen LogP contribution in [0.2, 0.25) is 0 Å². The molecule has 0 unspecified atom stereocenters. The fourth-order valence-corrected chi connectivity index (χ4v) is 8.17.